The molecule has 1 amide bonds. The smallest absolute Gasteiger partial charge is 0.271 e. The van der Waals surface area contributed by atoms with Crippen LogP contribution in [0.2, 0.25) is 0 Å². The minimum atomic E-state index is -0.285. The van der Waals surface area contributed by atoms with Gasteiger partial charge in [-0.15, -0.1) is 0 Å². The highest BCUT2D eigenvalue weighted by atomic mass is 16.5. The number of aromatic nitrogens is 3. The van der Waals surface area contributed by atoms with Crippen molar-refractivity contribution in [3.63, 3.8) is 0 Å². The zero-order valence-electron chi connectivity index (χ0n) is 15.8. The van der Waals surface area contributed by atoms with E-state index < -0.39 is 0 Å². The number of rotatable bonds is 6. The minimum Gasteiger partial charge on any atom is -0.497 e. The first kappa shape index (κ1) is 18.4. The number of carbonyl (C=O) groups is 1. The van der Waals surface area contributed by atoms with Crippen molar-refractivity contribution in [2.75, 3.05) is 12.4 Å². The third-order valence-electron chi connectivity index (χ3n) is 4.39. The number of methoxy groups -OCH3 is 1. The zero-order chi connectivity index (χ0) is 20.1. The summed E-state index contributed by atoms with van der Waals surface area (Å²) in [7, 11) is 1.62. The van der Waals surface area contributed by atoms with E-state index >= 15 is 0 Å². The number of anilines is 2. The molecule has 0 radical (unpaired) electrons. The van der Waals surface area contributed by atoms with Crippen LogP contribution in [0.3, 0.4) is 0 Å². The molecule has 0 aliphatic carbocycles. The van der Waals surface area contributed by atoms with Crippen LogP contribution in [0, 0.1) is 0 Å². The Morgan fingerprint density at radius 1 is 0.966 bits per heavy atom. The molecule has 0 fully saturated rings. The molecule has 0 bridgehead atoms. The van der Waals surface area contributed by atoms with Crippen LogP contribution >= 0.6 is 0 Å². The fourth-order valence-corrected chi connectivity index (χ4v) is 2.87. The van der Waals surface area contributed by atoms with Crippen molar-refractivity contribution in [3.8, 4) is 5.75 Å². The summed E-state index contributed by atoms with van der Waals surface area (Å²) < 4.78 is 5.13. The second-order valence-electron chi connectivity index (χ2n) is 6.32. The Labute approximate surface area is 167 Å². The van der Waals surface area contributed by atoms with Gasteiger partial charge in [0.2, 0.25) is 0 Å². The predicted octanol–water partition coefficient (Wildman–Crippen LogP) is 3.71. The number of hydrogen-bond acceptors (Lipinski definition) is 6. The summed E-state index contributed by atoms with van der Waals surface area (Å²) in [6.45, 7) is 0.395. The van der Waals surface area contributed by atoms with Gasteiger partial charge in [0.1, 0.15) is 17.3 Å². The van der Waals surface area contributed by atoms with E-state index in [0.29, 0.717) is 12.4 Å². The van der Waals surface area contributed by atoms with E-state index in [4.69, 9.17) is 4.74 Å². The van der Waals surface area contributed by atoms with Gasteiger partial charge in [-0.25, -0.2) is 9.97 Å². The molecule has 0 atom stereocenters. The van der Waals surface area contributed by atoms with Crippen molar-refractivity contribution in [2.45, 2.75) is 6.54 Å². The van der Waals surface area contributed by atoms with Gasteiger partial charge in [0, 0.05) is 18.1 Å². The lowest BCUT2D eigenvalue weighted by Crippen LogP contribution is -2.24. The van der Waals surface area contributed by atoms with Crippen LogP contribution in [0.5, 0.6) is 5.75 Å². The molecular formula is C22H19N5O2. The van der Waals surface area contributed by atoms with Gasteiger partial charge in [-0.1, -0.05) is 30.3 Å². The lowest BCUT2D eigenvalue weighted by atomic mass is 10.2. The molecule has 7 heteroatoms. The maximum absolute atomic E-state index is 12.3. The Balaban J connectivity index is 1.41. The van der Waals surface area contributed by atoms with Crippen LogP contribution in [-0.2, 0) is 6.54 Å². The van der Waals surface area contributed by atoms with E-state index in [-0.39, 0.29) is 11.6 Å². The third kappa shape index (κ3) is 4.30. The third-order valence-corrected chi connectivity index (χ3v) is 4.39. The molecule has 0 saturated carbocycles. The minimum absolute atomic E-state index is 0.250. The first-order chi connectivity index (χ1) is 14.2. The summed E-state index contributed by atoms with van der Waals surface area (Å²) in [6.07, 6.45) is 4.73. The second kappa shape index (κ2) is 8.35. The number of amides is 1. The summed E-state index contributed by atoms with van der Waals surface area (Å²) in [5, 5.41) is 7.06. The average Bonchev–Trinajstić information content (AvgIpc) is 2.78. The zero-order valence-corrected chi connectivity index (χ0v) is 15.8. The standard InChI is InChI=1S/C22H19N5O2/c1-29-17-9-7-15(8-10-17)12-26-22(28)19-13-25-20(14-24-19)27-18-6-2-4-16-5-3-11-23-21(16)18/h2-11,13-14H,12H2,1H3,(H,25,27)(H,26,28). The topological polar surface area (TPSA) is 89.0 Å². The molecule has 0 aliphatic rings. The molecule has 4 rings (SSSR count). The summed E-state index contributed by atoms with van der Waals surface area (Å²) in [4.78, 5) is 25.2. The highest BCUT2D eigenvalue weighted by Gasteiger charge is 2.09. The van der Waals surface area contributed by atoms with E-state index in [1.54, 1.807) is 13.3 Å². The van der Waals surface area contributed by atoms with Gasteiger partial charge >= 0.3 is 0 Å². The largest absolute Gasteiger partial charge is 0.497 e. The maximum atomic E-state index is 12.3. The monoisotopic (exact) mass is 385 g/mol. The fraction of sp³-hybridized carbons (Fsp3) is 0.0909. The van der Waals surface area contributed by atoms with E-state index in [2.05, 4.69) is 25.6 Å². The Kier molecular flexibility index (Phi) is 5.29. The number of pyridine rings is 1. The van der Waals surface area contributed by atoms with Gasteiger partial charge in [0.25, 0.3) is 5.91 Å². The molecule has 2 aromatic carbocycles. The lowest BCUT2D eigenvalue weighted by molar-refractivity contribution is 0.0945. The first-order valence-electron chi connectivity index (χ1n) is 9.07. The van der Waals surface area contributed by atoms with Gasteiger partial charge in [-0.3, -0.25) is 9.78 Å². The number of nitrogens with zero attached hydrogens (tertiary/aromatic N) is 3. The van der Waals surface area contributed by atoms with Gasteiger partial charge in [0.05, 0.1) is 30.7 Å². The molecule has 7 nitrogen and oxygen atoms in total. The van der Waals surface area contributed by atoms with E-state index in [9.17, 15) is 4.79 Å². The molecule has 2 heterocycles. The Hall–Kier alpha value is -4.00. The van der Waals surface area contributed by atoms with Crippen LogP contribution in [0.4, 0.5) is 11.5 Å². The summed E-state index contributed by atoms with van der Waals surface area (Å²) in [6, 6.07) is 17.3. The van der Waals surface area contributed by atoms with E-state index in [1.165, 1.54) is 12.4 Å². The first-order valence-corrected chi connectivity index (χ1v) is 9.07. The Bertz CT molecular complexity index is 1120. The van der Waals surface area contributed by atoms with Crippen molar-refractivity contribution in [1.29, 1.82) is 0 Å². The quantitative estimate of drug-likeness (QED) is 0.526. The number of ether oxygens (including phenoxy) is 1. The molecule has 29 heavy (non-hydrogen) atoms. The molecule has 144 valence electrons. The maximum Gasteiger partial charge on any atom is 0.271 e. The highest BCUT2D eigenvalue weighted by Crippen LogP contribution is 2.23. The number of hydrogen-bond donors (Lipinski definition) is 2. The van der Waals surface area contributed by atoms with Gasteiger partial charge in [-0.2, -0.15) is 0 Å². The van der Waals surface area contributed by atoms with Crippen molar-refractivity contribution < 1.29 is 9.53 Å². The lowest BCUT2D eigenvalue weighted by Gasteiger charge is -2.09. The van der Waals surface area contributed by atoms with Gasteiger partial charge in [0.15, 0.2) is 0 Å². The van der Waals surface area contributed by atoms with Crippen molar-refractivity contribution in [3.05, 3.63) is 84.4 Å². The number of benzene rings is 2. The number of carbonyl (C=O) groups excluding carboxylic acids is 1. The number of nitrogens with one attached hydrogen (secondary N) is 2. The number of fused-ring (bicyclic) bond motifs is 1. The van der Waals surface area contributed by atoms with Crippen LogP contribution in [0.25, 0.3) is 10.9 Å². The van der Waals surface area contributed by atoms with Crippen molar-refractivity contribution in [1.82, 2.24) is 20.3 Å². The SMILES string of the molecule is COc1ccc(CNC(=O)c2cnc(Nc3cccc4cccnc34)cn2)cc1. The van der Waals surface area contributed by atoms with Crippen LogP contribution < -0.4 is 15.4 Å². The fourth-order valence-electron chi connectivity index (χ4n) is 2.87. The van der Waals surface area contributed by atoms with E-state index in [1.807, 2.05) is 54.6 Å². The van der Waals surface area contributed by atoms with Crippen LogP contribution in [-0.4, -0.2) is 28.0 Å². The van der Waals surface area contributed by atoms with Crippen LogP contribution in [0.15, 0.2) is 73.2 Å². The normalized spacial score (nSPS) is 10.5. The molecular weight excluding hydrogens is 366 g/mol. The van der Waals surface area contributed by atoms with E-state index in [0.717, 1.165) is 27.9 Å². The summed E-state index contributed by atoms with van der Waals surface area (Å²) >= 11 is 0. The van der Waals surface area contributed by atoms with Crippen molar-refractivity contribution in [2.24, 2.45) is 0 Å². The average molecular weight is 385 g/mol. The summed E-state index contributed by atoms with van der Waals surface area (Å²) in [5.74, 6) is 1.02. The molecule has 0 aliphatic heterocycles. The molecule has 4 aromatic rings. The van der Waals surface area contributed by atoms with Gasteiger partial charge in [-0.05, 0) is 29.8 Å². The predicted molar refractivity (Wildman–Crippen MR) is 111 cm³/mol. The molecule has 0 spiro atoms. The van der Waals surface area contributed by atoms with Crippen LogP contribution in [0.1, 0.15) is 16.1 Å². The molecule has 0 saturated heterocycles. The van der Waals surface area contributed by atoms with Crippen molar-refractivity contribution >= 4 is 28.3 Å². The Morgan fingerprint density at radius 3 is 2.55 bits per heavy atom. The molecule has 2 aromatic heterocycles. The highest BCUT2D eigenvalue weighted by molar-refractivity contribution is 5.93. The number of para-hydroxylation sites is 1. The molecule has 0 unspecified atom stereocenters. The Morgan fingerprint density at radius 2 is 1.79 bits per heavy atom. The molecule has 2 N–H and O–H groups in total. The second-order valence-corrected chi connectivity index (χ2v) is 6.32. The summed E-state index contributed by atoms with van der Waals surface area (Å²) in [5.41, 5.74) is 2.89. The van der Waals surface area contributed by atoms with Gasteiger partial charge < -0.3 is 15.4 Å².